The van der Waals surface area contributed by atoms with Crippen LogP contribution in [0.25, 0.3) is 0 Å². The molecule has 0 saturated heterocycles. The Morgan fingerprint density at radius 3 is 2.62 bits per heavy atom. The fourth-order valence-corrected chi connectivity index (χ4v) is 1.56. The first-order chi connectivity index (χ1) is 7.76. The van der Waals surface area contributed by atoms with Crippen molar-refractivity contribution < 1.29 is 4.39 Å². The molecule has 0 amide bonds. The molecule has 1 aliphatic rings. The highest BCUT2D eigenvalue weighted by atomic mass is 19.1. The summed E-state index contributed by atoms with van der Waals surface area (Å²) in [5.74, 6) is -0.191. The molecule has 1 N–H and O–H groups in total. The van der Waals surface area contributed by atoms with Gasteiger partial charge in [-0.1, -0.05) is 18.2 Å². The second-order valence-electron chi connectivity index (χ2n) is 3.78. The zero-order chi connectivity index (χ0) is 11.8. The van der Waals surface area contributed by atoms with Crippen LogP contribution in [0, 0.1) is 5.82 Å². The first-order valence-corrected chi connectivity index (χ1v) is 5.53. The molecule has 1 aliphatic heterocycles. The van der Waals surface area contributed by atoms with Gasteiger partial charge in [0.25, 0.3) is 0 Å². The Bertz CT molecular complexity index is 366. The summed E-state index contributed by atoms with van der Waals surface area (Å²) in [5.41, 5.74) is 1.27. The van der Waals surface area contributed by atoms with E-state index in [1.807, 2.05) is 37.0 Å². The zero-order valence-electron chi connectivity index (χ0n) is 9.91. The lowest BCUT2D eigenvalue weighted by molar-refractivity contribution is 0.565. The fraction of sp³-hybridized carbons (Fsp3) is 0.385. The van der Waals surface area contributed by atoms with E-state index < -0.39 is 0 Å². The summed E-state index contributed by atoms with van der Waals surface area (Å²) in [4.78, 5) is 0. The van der Waals surface area contributed by atoms with Crippen LogP contribution in [0.2, 0.25) is 0 Å². The van der Waals surface area contributed by atoms with Gasteiger partial charge in [-0.2, -0.15) is 0 Å². The van der Waals surface area contributed by atoms with Gasteiger partial charge in [0.1, 0.15) is 5.82 Å². The van der Waals surface area contributed by atoms with E-state index in [1.54, 1.807) is 12.3 Å². The molecule has 0 atom stereocenters. The van der Waals surface area contributed by atoms with Crippen molar-refractivity contribution in [2.24, 2.45) is 0 Å². The van der Waals surface area contributed by atoms with E-state index in [0.717, 1.165) is 19.4 Å². The Morgan fingerprint density at radius 1 is 1.19 bits per heavy atom. The Hall–Kier alpha value is -1.35. The van der Waals surface area contributed by atoms with E-state index in [2.05, 4.69) is 5.32 Å². The maximum absolute atomic E-state index is 13.1. The Morgan fingerprint density at radius 2 is 1.88 bits per heavy atom. The van der Waals surface area contributed by atoms with Crippen LogP contribution in [0.15, 0.2) is 36.7 Å². The molecule has 88 valence electrons. The Labute approximate surface area is 96.4 Å². The van der Waals surface area contributed by atoms with Crippen LogP contribution in [-0.2, 0) is 13.0 Å². The van der Waals surface area contributed by atoms with Crippen LogP contribution in [0.1, 0.15) is 12.0 Å². The molecule has 1 aromatic heterocycles. The third-order valence-electron chi connectivity index (χ3n) is 2.18. The van der Waals surface area contributed by atoms with Crippen molar-refractivity contribution >= 4 is 0 Å². The number of fused-ring (bicyclic) bond motifs is 2. The Balaban J connectivity index is 0.000000386. The van der Waals surface area contributed by atoms with Crippen LogP contribution < -0.4 is 5.32 Å². The molecule has 3 heteroatoms. The monoisotopic (exact) mass is 222 g/mol. The lowest BCUT2D eigenvalue weighted by Crippen LogP contribution is -2.05. The minimum atomic E-state index is -0.191. The van der Waals surface area contributed by atoms with Crippen LogP contribution in [0.4, 0.5) is 4.39 Å². The number of halogens is 1. The zero-order valence-corrected chi connectivity index (χ0v) is 9.91. The maximum Gasteiger partial charge on any atom is 0.139 e. The molecule has 0 unspecified atom stereocenters. The molecular formula is C13H19FN2. The van der Waals surface area contributed by atoms with Gasteiger partial charge >= 0.3 is 0 Å². The van der Waals surface area contributed by atoms with E-state index in [0.29, 0.717) is 0 Å². The second-order valence-corrected chi connectivity index (χ2v) is 3.78. The van der Waals surface area contributed by atoms with Crippen molar-refractivity contribution in [1.82, 2.24) is 9.88 Å². The fourth-order valence-electron chi connectivity index (χ4n) is 1.56. The van der Waals surface area contributed by atoms with Crippen molar-refractivity contribution in [2.75, 3.05) is 14.1 Å². The summed E-state index contributed by atoms with van der Waals surface area (Å²) >= 11 is 0. The molecule has 0 saturated carbocycles. The standard InChI is InChI=1S/C11H12FN.C2H7N/c12-11-6-2-1-4-10-5-3-7-13(8-10)9-11;1-3-2/h1-2,4,6,8-9H,3,5,7H2;3H,1-2H3. The highest BCUT2D eigenvalue weighted by Gasteiger charge is 1.99. The topological polar surface area (TPSA) is 17.0 Å². The van der Waals surface area contributed by atoms with Gasteiger partial charge in [-0.25, -0.2) is 4.39 Å². The van der Waals surface area contributed by atoms with E-state index in [-0.39, 0.29) is 5.82 Å². The average molecular weight is 222 g/mol. The third kappa shape index (κ3) is 4.45. The Kier molecular flexibility index (Phi) is 5.57. The van der Waals surface area contributed by atoms with Gasteiger partial charge in [0.2, 0.25) is 0 Å². The lowest BCUT2D eigenvalue weighted by atomic mass is 10.1. The predicted octanol–water partition coefficient (Wildman–Crippen LogP) is 2.53. The van der Waals surface area contributed by atoms with E-state index >= 15 is 0 Å². The molecule has 2 nitrogen and oxygen atoms in total. The summed E-state index contributed by atoms with van der Waals surface area (Å²) in [6, 6.07) is 7.13. The van der Waals surface area contributed by atoms with Gasteiger partial charge in [-0.3, -0.25) is 0 Å². The quantitative estimate of drug-likeness (QED) is 0.713. The third-order valence-corrected chi connectivity index (χ3v) is 2.18. The van der Waals surface area contributed by atoms with Gasteiger partial charge in [-0.15, -0.1) is 0 Å². The molecule has 0 aliphatic carbocycles. The maximum atomic E-state index is 13.1. The first kappa shape index (κ1) is 12.7. The van der Waals surface area contributed by atoms with Gasteiger partial charge in [0, 0.05) is 18.9 Å². The smallest absolute Gasteiger partial charge is 0.139 e. The average Bonchev–Trinajstić information content (AvgIpc) is 2.30. The summed E-state index contributed by atoms with van der Waals surface area (Å²) in [6.07, 6.45) is 5.74. The number of aromatic nitrogens is 1. The molecule has 2 bridgehead atoms. The number of hydrogen-bond acceptors (Lipinski definition) is 1. The van der Waals surface area contributed by atoms with Gasteiger partial charge in [0.05, 0.1) is 0 Å². The highest BCUT2D eigenvalue weighted by Crippen LogP contribution is 2.08. The van der Waals surface area contributed by atoms with Crippen LogP contribution in [0.3, 0.4) is 0 Å². The largest absolute Gasteiger partial charge is 0.351 e. The van der Waals surface area contributed by atoms with Crippen molar-refractivity contribution in [3.05, 3.63) is 48.0 Å². The first-order valence-electron chi connectivity index (χ1n) is 5.53. The summed E-state index contributed by atoms with van der Waals surface area (Å²) in [6.45, 7) is 0.915. The van der Waals surface area contributed by atoms with Gasteiger partial charge < -0.3 is 9.88 Å². The summed E-state index contributed by atoms with van der Waals surface area (Å²) < 4.78 is 15.0. The van der Waals surface area contributed by atoms with E-state index in [1.165, 1.54) is 11.6 Å². The van der Waals surface area contributed by atoms with Crippen molar-refractivity contribution in [2.45, 2.75) is 19.4 Å². The van der Waals surface area contributed by atoms with Crippen LogP contribution in [0.5, 0.6) is 0 Å². The number of rotatable bonds is 0. The van der Waals surface area contributed by atoms with Gasteiger partial charge in [-0.05, 0) is 38.6 Å². The number of nitrogens with one attached hydrogen (secondary N) is 1. The SMILES string of the molecule is CNC.Fc1ccccc2cn(c1)CCC2. The van der Waals surface area contributed by atoms with Crippen LogP contribution in [-0.4, -0.2) is 18.7 Å². The van der Waals surface area contributed by atoms with Crippen molar-refractivity contribution in [3.8, 4) is 0 Å². The van der Waals surface area contributed by atoms with E-state index in [4.69, 9.17) is 0 Å². The summed E-state index contributed by atoms with van der Waals surface area (Å²) in [7, 11) is 3.75. The molecule has 1 aromatic rings. The minimum Gasteiger partial charge on any atom is -0.351 e. The summed E-state index contributed by atoms with van der Waals surface area (Å²) in [5, 5.41) is 2.75. The van der Waals surface area contributed by atoms with Crippen LogP contribution >= 0.6 is 0 Å². The van der Waals surface area contributed by atoms with E-state index in [9.17, 15) is 4.39 Å². The lowest BCUT2D eigenvalue weighted by Gasteiger charge is -2.11. The molecule has 0 fully saturated rings. The van der Waals surface area contributed by atoms with Crippen molar-refractivity contribution in [3.63, 3.8) is 0 Å². The van der Waals surface area contributed by atoms with Crippen molar-refractivity contribution in [1.29, 1.82) is 0 Å². The molecule has 0 spiro atoms. The number of hydrogen-bond donors (Lipinski definition) is 1. The molecule has 2 rings (SSSR count). The second kappa shape index (κ2) is 7.01. The predicted molar refractivity (Wildman–Crippen MR) is 65.3 cm³/mol. The molecule has 2 heterocycles. The van der Waals surface area contributed by atoms with Gasteiger partial charge in [0.15, 0.2) is 0 Å². The number of aryl methyl sites for hydroxylation is 2. The molecule has 0 radical (unpaired) electrons. The normalized spacial score (nSPS) is 12.2. The molecular weight excluding hydrogens is 203 g/mol. The molecule has 16 heavy (non-hydrogen) atoms. The highest BCUT2D eigenvalue weighted by molar-refractivity contribution is 5.11. The number of nitrogens with zero attached hydrogens (tertiary/aromatic N) is 1. The molecule has 0 aromatic carbocycles. The minimum absolute atomic E-state index is 0.191.